The maximum Gasteiger partial charge on any atom is 0.146 e. The quantitative estimate of drug-likeness (QED) is 0.889. The molecule has 1 saturated heterocycles. The van der Waals surface area contributed by atoms with Crippen LogP contribution in [-0.2, 0) is 0 Å². The molecule has 0 aromatic heterocycles. The summed E-state index contributed by atoms with van der Waals surface area (Å²) >= 11 is 0. The lowest BCUT2D eigenvalue weighted by Crippen LogP contribution is -2.58. The predicted octanol–water partition coefficient (Wildman–Crippen LogP) is 3.88. The molecule has 2 nitrogen and oxygen atoms in total. The summed E-state index contributed by atoms with van der Waals surface area (Å²) in [6.07, 6.45) is 6.76. The lowest BCUT2D eigenvalue weighted by Gasteiger charge is -2.44. The van der Waals surface area contributed by atoms with Gasteiger partial charge in [0.25, 0.3) is 0 Å². The Morgan fingerprint density at radius 3 is 2.67 bits per heavy atom. The Hall–Kier alpha value is -1.09. The lowest BCUT2D eigenvalue weighted by molar-refractivity contribution is 0.244. The zero-order valence-corrected chi connectivity index (χ0v) is 13.2. The van der Waals surface area contributed by atoms with Crippen LogP contribution in [0, 0.1) is 18.7 Å². The highest BCUT2D eigenvalue weighted by Gasteiger charge is 2.32. The molecule has 0 spiro atoms. The Morgan fingerprint density at radius 1 is 1.19 bits per heavy atom. The first-order valence-corrected chi connectivity index (χ1v) is 8.41. The third kappa shape index (κ3) is 3.23. The molecule has 1 aromatic rings. The van der Waals surface area contributed by atoms with Crippen molar-refractivity contribution in [2.24, 2.45) is 5.92 Å². The van der Waals surface area contributed by atoms with Gasteiger partial charge in [-0.25, -0.2) is 4.39 Å². The summed E-state index contributed by atoms with van der Waals surface area (Å²) in [5.74, 6) is 0.688. The second-order valence-electron chi connectivity index (χ2n) is 6.87. The summed E-state index contributed by atoms with van der Waals surface area (Å²) in [7, 11) is 0. The number of halogens is 1. The second-order valence-corrected chi connectivity index (χ2v) is 6.87. The molecule has 0 bridgehead atoms. The Labute approximate surface area is 127 Å². The molecule has 0 amide bonds. The van der Waals surface area contributed by atoms with Crippen LogP contribution in [0.15, 0.2) is 18.2 Å². The first-order chi connectivity index (χ1) is 10.1. The number of aryl methyl sites for hydroxylation is 1. The van der Waals surface area contributed by atoms with Gasteiger partial charge >= 0.3 is 0 Å². The normalized spacial score (nSPS) is 27.9. The minimum atomic E-state index is -0.0776. The number of hydrogen-bond donors (Lipinski definition) is 1. The van der Waals surface area contributed by atoms with Crippen LogP contribution in [0.25, 0.3) is 0 Å². The molecular weight excluding hydrogens is 263 g/mol. The van der Waals surface area contributed by atoms with Crippen molar-refractivity contribution in [3.05, 3.63) is 29.6 Å². The fraction of sp³-hybridized carbons (Fsp3) is 0.667. The molecule has 116 valence electrons. The number of benzene rings is 1. The van der Waals surface area contributed by atoms with E-state index in [2.05, 4.69) is 17.1 Å². The Balaban J connectivity index is 1.76. The summed E-state index contributed by atoms with van der Waals surface area (Å²) in [4.78, 5) is 2.27. The molecule has 3 heteroatoms. The maximum absolute atomic E-state index is 14.3. The van der Waals surface area contributed by atoms with Crippen molar-refractivity contribution in [1.82, 2.24) is 5.32 Å². The van der Waals surface area contributed by atoms with E-state index >= 15 is 0 Å². The highest BCUT2D eigenvalue weighted by Crippen LogP contribution is 2.31. The number of nitrogens with zero attached hydrogens (tertiary/aromatic N) is 1. The molecule has 1 aromatic carbocycles. The smallest absolute Gasteiger partial charge is 0.146 e. The summed E-state index contributed by atoms with van der Waals surface area (Å²) in [5.41, 5.74) is 1.76. The Kier molecular flexibility index (Phi) is 4.48. The van der Waals surface area contributed by atoms with Crippen LogP contribution in [0.4, 0.5) is 10.1 Å². The molecule has 2 unspecified atom stereocenters. The van der Waals surface area contributed by atoms with Gasteiger partial charge in [-0.15, -0.1) is 0 Å². The fourth-order valence-corrected chi connectivity index (χ4v) is 3.92. The van der Waals surface area contributed by atoms with Crippen LogP contribution in [-0.4, -0.2) is 25.2 Å². The van der Waals surface area contributed by atoms with E-state index in [4.69, 9.17) is 0 Å². The van der Waals surface area contributed by atoms with Crippen LogP contribution in [0.5, 0.6) is 0 Å². The van der Waals surface area contributed by atoms with Gasteiger partial charge in [-0.3, -0.25) is 0 Å². The van der Waals surface area contributed by atoms with Crippen LogP contribution < -0.4 is 10.2 Å². The average Bonchev–Trinajstić information content (AvgIpc) is 2.49. The lowest BCUT2D eigenvalue weighted by atomic mass is 9.82. The summed E-state index contributed by atoms with van der Waals surface area (Å²) < 4.78 is 14.3. The standard InChI is InChI=1S/C18H27FN2/c1-13-8-9-18(16(19)10-13)21-12-17(20-11-14(21)2)15-6-4-3-5-7-15/h8-10,14-15,17,20H,3-7,11-12H2,1-2H3. The Morgan fingerprint density at radius 2 is 1.95 bits per heavy atom. The zero-order valence-electron chi connectivity index (χ0n) is 13.2. The molecule has 2 atom stereocenters. The van der Waals surface area contributed by atoms with Crippen LogP contribution in [0.3, 0.4) is 0 Å². The van der Waals surface area contributed by atoms with Crippen molar-refractivity contribution >= 4 is 5.69 Å². The van der Waals surface area contributed by atoms with Gasteiger partial charge in [0, 0.05) is 25.2 Å². The Bertz CT molecular complexity index is 482. The number of hydrogen-bond acceptors (Lipinski definition) is 2. The van der Waals surface area contributed by atoms with Gasteiger partial charge in [-0.05, 0) is 50.3 Å². The molecule has 2 fully saturated rings. The van der Waals surface area contributed by atoms with Gasteiger partial charge in [0.05, 0.1) is 5.69 Å². The molecule has 1 N–H and O–H groups in total. The van der Waals surface area contributed by atoms with Crippen LogP contribution >= 0.6 is 0 Å². The van der Waals surface area contributed by atoms with Crippen LogP contribution in [0.2, 0.25) is 0 Å². The molecule has 3 rings (SSSR count). The van der Waals surface area contributed by atoms with Crippen LogP contribution in [0.1, 0.15) is 44.6 Å². The molecule has 1 aliphatic carbocycles. The van der Waals surface area contributed by atoms with Crippen molar-refractivity contribution in [3.8, 4) is 0 Å². The number of rotatable bonds is 2. The largest absolute Gasteiger partial charge is 0.364 e. The summed E-state index contributed by atoms with van der Waals surface area (Å²) in [6, 6.07) is 6.48. The van der Waals surface area contributed by atoms with Gasteiger partial charge in [0.15, 0.2) is 0 Å². The molecular formula is C18H27FN2. The highest BCUT2D eigenvalue weighted by atomic mass is 19.1. The van der Waals surface area contributed by atoms with Gasteiger partial charge < -0.3 is 10.2 Å². The zero-order chi connectivity index (χ0) is 14.8. The van der Waals surface area contributed by atoms with E-state index in [1.165, 1.54) is 32.1 Å². The highest BCUT2D eigenvalue weighted by molar-refractivity contribution is 5.50. The number of piperazine rings is 1. The summed E-state index contributed by atoms with van der Waals surface area (Å²) in [5, 5.41) is 3.71. The van der Waals surface area contributed by atoms with Crippen molar-refractivity contribution in [3.63, 3.8) is 0 Å². The fourth-order valence-electron chi connectivity index (χ4n) is 3.92. The third-order valence-electron chi connectivity index (χ3n) is 5.23. The topological polar surface area (TPSA) is 15.3 Å². The van der Waals surface area contributed by atoms with E-state index in [1.54, 1.807) is 6.07 Å². The molecule has 1 saturated carbocycles. The van der Waals surface area contributed by atoms with E-state index in [0.717, 1.165) is 30.3 Å². The van der Waals surface area contributed by atoms with Gasteiger partial charge in [-0.1, -0.05) is 25.3 Å². The van der Waals surface area contributed by atoms with Crippen molar-refractivity contribution in [2.75, 3.05) is 18.0 Å². The van der Waals surface area contributed by atoms with Gasteiger partial charge in [-0.2, -0.15) is 0 Å². The number of nitrogens with one attached hydrogen (secondary N) is 1. The molecule has 1 aliphatic heterocycles. The third-order valence-corrected chi connectivity index (χ3v) is 5.23. The first kappa shape index (κ1) is 14.8. The van der Waals surface area contributed by atoms with Crippen molar-refractivity contribution < 1.29 is 4.39 Å². The molecule has 21 heavy (non-hydrogen) atoms. The summed E-state index contributed by atoms with van der Waals surface area (Å²) in [6.45, 7) is 6.02. The van der Waals surface area contributed by atoms with Crippen molar-refractivity contribution in [2.45, 2.75) is 58.0 Å². The van der Waals surface area contributed by atoms with Gasteiger partial charge in [0.2, 0.25) is 0 Å². The van der Waals surface area contributed by atoms with E-state index < -0.39 is 0 Å². The minimum absolute atomic E-state index is 0.0776. The number of anilines is 1. The second kappa shape index (κ2) is 6.35. The molecule has 0 radical (unpaired) electrons. The van der Waals surface area contributed by atoms with Crippen molar-refractivity contribution in [1.29, 1.82) is 0 Å². The predicted molar refractivity (Wildman–Crippen MR) is 86.3 cm³/mol. The van der Waals surface area contributed by atoms with E-state index in [1.807, 2.05) is 19.1 Å². The monoisotopic (exact) mass is 290 g/mol. The van der Waals surface area contributed by atoms with E-state index in [0.29, 0.717) is 12.1 Å². The SMILES string of the molecule is Cc1ccc(N2CC(C3CCCCC3)NCC2C)c(F)c1. The maximum atomic E-state index is 14.3. The van der Waals surface area contributed by atoms with E-state index in [9.17, 15) is 4.39 Å². The van der Waals surface area contributed by atoms with Gasteiger partial charge in [0.1, 0.15) is 5.82 Å². The molecule has 1 heterocycles. The van der Waals surface area contributed by atoms with E-state index in [-0.39, 0.29) is 5.82 Å². The molecule has 2 aliphatic rings. The minimum Gasteiger partial charge on any atom is -0.364 e. The average molecular weight is 290 g/mol. The first-order valence-electron chi connectivity index (χ1n) is 8.41.